The summed E-state index contributed by atoms with van der Waals surface area (Å²) in [7, 11) is 1.33. The largest absolute Gasteiger partial charge is 0.507 e. The number of hydrogen-bond acceptors (Lipinski definition) is 6. The maximum absolute atomic E-state index is 12.8. The van der Waals surface area contributed by atoms with Crippen molar-refractivity contribution in [3.8, 4) is 11.5 Å². The van der Waals surface area contributed by atoms with Crippen LogP contribution in [-0.4, -0.2) is 42.0 Å². The number of ether oxygens (including phenoxy) is 2. The molecular weight excluding hydrogens is 358 g/mol. The Morgan fingerprint density at radius 2 is 1.89 bits per heavy atom. The highest BCUT2D eigenvalue weighted by Gasteiger charge is 2.32. The lowest BCUT2D eigenvalue weighted by Gasteiger charge is -2.17. The van der Waals surface area contributed by atoms with Gasteiger partial charge in [0, 0.05) is 6.54 Å². The highest BCUT2D eigenvalue weighted by atomic mass is 16.5. The molecule has 0 radical (unpaired) electrons. The number of likely N-dealkylation sites (tertiary alicyclic amines) is 1. The summed E-state index contributed by atoms with van der Waals surface area (Å²) < 4.78 is 10.6. The van der Waals surface area contributed by atoms with Gasteiger partial charge in [0.2, 0.25) is 5.78 Å². The second-order valence-corrected chi connectivity index (χ2v) is 6.98. The van der Waals surface area contributed by atoms with Crippen LogP contribution >= 0.6 is 0 Å². The number of rotatable bonds is 4. The van der Waals surface area contributed by atoms with Gasteiger partial charge in [0.1, 0.15) is 11.5 Å². The Morgan fingerprint density at radius 3 is 2.57 bits per heavy atom. The Morgan fingerprint density at radius 1 is 1.18 bits per heavy atom. The molecule has 1 fully saturated rings. The average molecular weight is 379 g/mol. The zero-order chi connectivity index (χ0) is 19.7. The summed E-state index contributed by atoms with van der Waals surface area (Å²) in [5, 5.41) is 10.3. The van der Waals surface area contributed by atoms with Crippen LogP contribution in [0, 0.1) is 0 Å². The van der Waals surface area contributed by atoms with Crippen molar-refractivity contribution in [2.75, 3.05) is 20.2 Å². The second kappa shape index (κ2) is 7.48. The summed E-state index contributed by atoms with van der Waals surface area (Å²) in [6, 6.07) is 9.87. The van der Waals surface area contributed by atoms with E-state index in [1.807, 2.05) is 0 Å². The number of Topliss-reactive ketones (excluding diaryl/α,β-unsaturated/α-hetero) is 1. The first-order valence-electron chi connectivity index (χ1n) is 9.26. The topological polar surface area (TPSA) is 76.1 Å². The van der Waals surface area contributed by atoms with E-state index in [4.69, 9.17) is 4.74 Å². The maximum atomic E-state index is 12.8. The molecule has 0 amide bonds. The Labute approximate surface area is 163 Å². The van der Waals surface area contributed by atoms with Crippen LogP contribution in [0.2, 0.25) is 0 Å². The van der Waals surface area contributed by atoms with E-state index in [1.54, 1.807) is 42.5 Å². The van der Waals surface area contributed by atoms with Crippen LogP contribution in [0.1, 0.15) is 44.7 Å². The van der Waals surface area contributed by atoms with E-state index >= 15 is 0 Å². The monoisotopic (exact) mass is 379 g/mol. The minimum atomic E-state index is -0.415. The summed E-state index contributed by atoms with van der Waals surface area (Å²) in [5.74, 6) is 0.155. The zero-order valence-electron chi connectivity index (χ0n) is 15.6. The number of esters is 1. The molecule has 2 aliphatic heterocycles. The molecule has 28 heavy (non-hydrogen) atoms. The first-order valence-corrected chi connectivity index (χ1v) is 9.26. The molecule has 2 aromatic rings. The summed E-state index contributed by atoms with van der Waals surface area (Å²) >= 11 is 0. The number of nitrogens with zero attached hydrogens (tertiary/aromatic N) is 1. The Balaban J connectivity index is 1.61. The minimum absolute atomic E-state index is 0.141. The fourth-order valence-electron chi connectivity index (χ4n) is 3.60. The number of phenols is 1. The molecule has 6 nitrogen and oxygen atoms in total. The van der Waals surface area contributed by atoms with Gasteiger partial charge in [-0.15, -0.1) is 0 Å². The lowest BCUT2D eigenvalue weighted by Crippen LogP contribution is -2.18. The second-order valence-electron chi connectivity index (χ2n) is 6.98. The molecular formula is C22H21NO5. The lowest BCUT2D eigenvalue weighted by atomic mass is 10.0. The number of allylic oxidation sites excluding steroid dienone is 1. The normalized spacial score (nSPS) is 17.6. The van der Waals surface area contributed by atoms with Crippen molar-refractivity contribution in [2.45, 2.75) is 19.4 Å². The van der Waals surface area contributed by atoms with Gasteiger partial charge in [-0.3, -0.25) is 9.69 Å². The van der Waals surface area contributed by atoms with Crippen molar-refractivity contribution >= 4 is 17.8 Å². The van der Waals surface area contributed by atoms with Gasteiger partial charge in [-0.1, -0.05) is 12.1 Å². The predicted octanol–water partition coefficient (Wildman–Crippen LogP) is 3.39. The van der Waals surface area contributed by atoms with Crippen molar-refractivity contribution < 1.29 is 24.2 Å². The van der Waals surface area contributed by atoms with E-state index in [0.29, 0.717) is 29.0 Å². The quantitative estimate of drug-likeness (QED) is 0.648. The number of benzene rings is 2. The fourth-order valence-corrected chi connectivity index (χ4v) is 3.60. The number of ketones is 1. The predicted molar refractivity (Wildman–Crippen MR) is 103 cm³/mol. The van der Waals surface area contributed by atoms with Crippen LogP contribution in [0.25, 0.3) is 6.08 Å². The molecule has 0 atom stereocenters. The van der Waals surface area contributed by atoms with Crippen molar-refractivity contribution in [3.63, 3.8) is 0 Å². The number of aromatic hydroxyl groups is 1. The fraction of sp³-hybridized carbons (Fsp3) is 0.273. The Kier molecular flexibility index (Phi) is 4.88. The number of carbonyl (C=O) groups excluding carboxylic acids is 2. The van der Waals surface area contributed by atoms with Gasteiger partial charge < -0.3 is 14.6 Å². The van der Waals surface area contributed by atoms with E-state index < -0.39 is 5.97 Å². The van der Waals surface area contributed by atoms with Crippen LogP contribution in [0.3, 0.4) is 0 Å². The summed E-state index contributed by atoms with van der Waals surface area (Å²) in [5.41, 5.74) is 2.28. The zero-order valence-corrected chi connectivity index (χ0v) is 15.6. The summed E-state index contributed by atoms with van der Waals surface area (Å²) in [6.07, 6.45) is 3.92. The van der Waals surface area contributed by atoms with Gasteiger partial charge in [-0.2, -0.15) is 0 Å². The van der Waals surface area contributed by atoms with Gasteiger partial charge in [-0.25, -0.2) is 4.79 Å². The average Bonchev–Trinajstić information content (AvgIpc) is 3.33. The number of phenolic OH excluding ortho intramolecular Hbond substituents is 1. The lowest BCUT2D eigenvalue weighted by molar-refractivity contribution is 0.0600. The van der Waals surface area contributed by atoms with E-state index in [2.05, 4.69) is 9.64 Å². The van der Waals surface area contributed by atoms with Gasteiger partial charge in [0.25, 0.3) is 0 Å². The third kappa shape index (κ3) is 3.39. The smallest absolute Gasteiger partial charge is 0.337 e. The minimum Gasteiger partial charge on any atom is -0.507 e. The Bertz CT molecular complexity index is 956. The molecule has 2 heterocycles. The standard InChI is InChI=1S/C22H21NO5/c1-27-22(26)15-6-4-14(5-7-15)12-19-20(25)16-8-9-18(24)17(21(16)28-19)13-23-10-2-3-11-23/h4-9,12,24H,2-3,10-11,13H2,1H3/b19-12+. The molecule has 4 rings (SSSR count). The van der Waals surface area contributed by atoms with Crippen LogP contribution in [0.4, 0.5) is 0 Å². The molecule has 2 aromatic carbocycles. The summed E-state index contributed by atoms with van der Waals surface area (Å²) in [6.45, 7) is 2.52. The number of fused-ring (bicyclic) bond motifs is 1. The number of carbonyl (C=O) groups is 2. The molecule has 2 aliphatic rings. The van der Waals surface area contributed by atoms with Crippen LogP contribution < -0.4 is 4.74 Å². The molecule has 6 heteroatoms. The molecule has 144 valence electrons. The van der Waals surface area contributed by atoms with Gasteiger partial charge in [0.15, 0.2) is 5.76 Å². The van der Waals surface area contributed by atoms with Gasteiger partial charge in [0.05, 0.1) is 23.8 Å². The van der Waals surface area contributed by atoms with Crippen molar-refractivity contribution in [1.29, 1.82) is 0 Å². The first kappa shape index (κ1) is 18.3. The van der Waals surface area contributed by atoms with E-state index in [1.165, 1.54) is 7.11 Å². The van der Waals surface area contributed by atoms with Crippen LogP contribution in [0.15, 0.2) is 42.2 Å². The van der Waals surface area contributed by atoms with E-state index in [0.717, 1.165) is 31.5 Å². The van der Waals surface area contributed by atoms with Crippen molar-refractivity contribution in [3.05, 3.63) is 64.4 Å². The van der Waals surface area contributed by atoms with Gasteiger partial charge in [-0.05, 0) is 61.8 Å². The third-order valence-corrected chi connectivity index (χ3v) is 5.13. The summed E-state index contributed by atoms with van der Waals surface area (Å²) in [4.78, 5) is 26.5. The molecule has 1 saturated heterocycles. The Hall–Kier alpha value is -3.12. The maximum Gasteiger partial charge on any atom is 0.337 e. The highest BCUT2D eigenvalue weighted by Crippen LogP contribution is 2.40. The van der Waals surface area contributed by atoms with Crippen molar-refractivity contribution in [2.24, 2.45) is 0 Å². The van der Waals surface area contributed by atoms with Crippen LogP contribution in [0.5, 0.6) is 11.5 Å². The van der Waals surface area contributed by atoms with Crippen molar-refractivity contribution in [1.82, 2.24) is 4.90 Å². The molecule has 0 bridgehead atoms. The van der Waals surface area contributed by atoms with Crippen LogP contribution in [-0.2, 0) is 11.3 Å². The SMILES string of the molecule is COC(=O)c1ccc(/C=C2/Oc3c(ccc(O)c3CN3CCCC3)C2=O)cc1. The molecule has 0 aromatic heterocycles. The molecule has 0 aliphatic carbocycles. The third-order valence-electron chi connectivity index (χ3n) is 5.13. The highest BCUT2D eigenvalue weighted by molar-refractivity contribution is 6.15. The number of hydrogen-bond donors (Lipinski definition) is 1. The first-order chi connectivity index (χ1) is 13.6. The molecule has 0 unspecified atom stereocenters. The molecule has 0 spiro atoms. The molecule has 0 saturated carbocycles. The number of methoxy groups -OCH3 is 1. The molecule has 1 N–H and O–H groups in total. The van der Waals surface area contributed by atoms with E-state index in [9.17, 15) is 14.7 Å². The van der Waals surface area contributed by atoms with Gasteiger partial charge >= 0.3 is 5.97 Å². The van der Waals surface area contributed by atoms with E-state index in [-0.39, 0.29) is 17.3 Å².